The first-order valence-electron chi connectivity index (χ1n) is 10.6. The van der Waals surface area contributed by atoms with Crippen LogP contribution in [0.5, 0.6) is 0 Å². The highest BCUT2D eigenvalue weighted by molar-refractivity contribution is 7.73. The first-order valence-corrected chi connectivity index (χ1v) is 11.7. The molecule has 1 fully saturated rings. The zero-order valence-corrected chi connectivity index (χ0v) is 19.8. The number of imidazole rings is 1. The minimum atomic E-state index is -2.60. The second-order valence-electron chi connectivity index (χ2n) is 7.76. The van der Waals surface area contributed by atoms with Crippen molar-refractivity contribution in [1.29, 1.82) is 0 Å². The molecule has 3 aromatic rings. The van der Waals surface area contributed by atoms with Gasteiger partial charge in [-0.1, -0.05) is 0 Å². The molecule has 1 saturated heterocycles. The summed E-state index contributed by atoms with van der Waals surface area (Å²) in [6.07, 6.45) is 3.21. The second-order valence-corrected chi connectivity index (χ2v) is 8.64. The van der Waals surface area contributed by atoms with Gasteiger partial charge >= 0.3 is 6.03 Å². The van der Waals surface area contributed by atoms with E-state index in [9.17, 15) is 13.2 Å². The van der Waals surface area contributed by atoms with Crippen molar-refractivity contribution in [2.24, 2.45) is 7.05 Å². The number of hydrogen-bond acceptors (Lipinski definition) is 8. The van der Waals surface area contributed by atoms with E-state index in [1.807, 2.05) is 6.92 Å². The molecule has 2 N–H and O–H groups in total. The lowest BCUT2D eigenvalue weighted by Gasteiger charge is -2.34. The average molecular weight is 484 g/mol. The molecule has 2 amide bonds. The number of amides is 2. The molecule has 11 nitrogen and oxygen atoms in total. The summed E-state index contributed by atoms with van der Waals surface area (Å²) in [5, 5.41) is 5.20. The number of carbonyl (C=O) groups excluding carboxylic acids is 1. The van der Waals surface area contributed by atoms with E-state index in [4.69, 9.17) is 9.72 Å². The molecule has 1 aromatic carbocycles. The summed E-state index contributed by atoms with van der Waals surface area (Å²) in [7, 11) is 0.661. The van der Waals surface area contributed by atoms with Crippen molar-refractivity contribution in [2.75, 3.05) is 37.0 Å². The summed E-state index contributed by atoms with van der Waals surface area (Å²) in [4.78, 5) is 27.2. The maximum atomic E-state index is 12.3. The van der Waals surface area contributed by atoms with Crippen LogP contribution in [0.15, 0.2) is 42.7 Å². The van der Waals surface area contributed by atoms with Crippen LogP contribution in [0.2, 0.25) is 0 Å². The van der Waals surface area contributed by atoms with Crippen molar-refractivity contribution in [1.82, 2.24) is 24.8 Å². The Morgan fingerprint density at radius 1 is 1.21 bits per heavy atom. The third-order valence-corrected chi connectivity index (χ3v) is 6.15. The highest BCUT2D eigenvalue weighted by atomic mass is 32.2. The number of urea groups is 1. The Labute approximate surface area is 198 Å². The van der Waals surface area contributed by atoms with E-state index < -0.39 is 10.3 Å². The second kappa shape index (κ2) is 10.0. The quantitative estimate of drug-likeness (QED) is 0.410. The number of morpholine rings is 1. The van der Waals surface area contributed by atoms with Crippen LogP contribution in [0, 0.1) is 0 Å². The monoisotopic (exact) mass is 483 g/mol. The van der Waals surface area contributed by atoms with Crippen LogP contribution in [0.3, 0.4) is 0 Å². The predicted octanol–water partition coefficient (Wildman–Crippen LogP) is 1.30. The minimum Gasteiger partial charge on any atom is -0.377 e. The number of anilines is 2. The molecule has 12 heteroatoms. The molecule has 0 saturated carbocycles. The first kappa shape index (κ1) is 23.4. The smallest absolute Gasteiger partial charge is 0.318 e. The molecular formula is C22H25N7O4S. The third-order valence-electron chi connectivity index (χ3n) is 5.43. The van der Waals surface area contributed by atoms with Gasteiger partial charge < -0.3 is 24.8 Å². The fourth-order valence-corrected chi connectivity index (χ4v) is 4.27. The molecule has 178 valence electrons. The Bertz CT molecular complexity index is 1330. The maximum Gasteiger partial charge on any atom is 0.318 e. The van der Waals surface area contributed by atoms with Crippen molar-refractivity contribution >= 4 is 32.7 Å². The van der Waals surface area contributed by atoms with Gasteiger partial charge in [-0.2, -0.15) is 8.42 Å². The zero-order valence-electron chi connectivity index (χ0n) is 19.0. The molecule has 1 atom stereocenters. The number of aromatic nitrogens is 4. The lowest BCUT2D eigenvalue weighted by molar-refractivity contribution is 0.0985. The van der Waals surface area contributed by atoms with Crippen LogP contribution in [-0.4, -0.2) is 71.7 Å². The number of hydrogen-bond donors (Lipinski definition) is 2. The van der Waals surface area contributed by atoms with Gasteiger partial charge in [0.2, 0.25) is 10.3 Å². The fourth-order valence-electron chi connectivity index (χ4n) is 3.65. The largest absolute Gasteiger partial charge is 0.377 e. The van der Waals surface area contributed by atoms with E-state index in [1.54, 1.807) is 48.1 Å². The first-order chi connectivity index (χ1) is 16.4. The minimum absolute atomic E-state index is 0.0174. The van der Waals surface area contributed by atoms with E-state index in [-0.39, 0.29) is 28.5 Å². The zero-order chi connectivity index (χ0) is 24.2. The summed E-state index contributed by atoms with van der Waals surface area (Å²) < 4.78 is 31.8. The number of nitrogens with zero attached hydrogens (tertiary/aromatic N) is 5. The summed E-state index contributed by atoms with van der Waals surface area (Å²) in [5.74, 6) is 1.24. The number of benzene rings is 1. The maximum absolute atomic E-state index is 12.3. The Balaban J connectivity index is 1.83. The highest BCUT2D eigenvalue weighted by Gasteiger charge is 2.24. The number of aryl methyl sites for hydroxylation is 1. The van der Waals surface area contributed by atoms with E-state index >= 15 is 0 Å². The molecule has 0 spiro atoms. The van der Waals surface area contributed by atoms with Gasteiger partial charge in [-0.15, -0.1) is 0 Å². The van der Waals surface area contributed by atoms with Crippen LogP contribution >= 0.6 is 0 Å². The lowest BCUT2D eigenvalue weighted by Crippen LogP contribution is -2.44. The van der Waals surface area contributed by atoms with Crippen LogP contribution < -0.4 is 15.5 Å². The van der Waals surface area contributed by atoms with E-state index in [2.05, 4.69) is 25.5 Å². The number of nitrogens with one attached hydrogen (secondary N) is 2. The van der Waals surface area contributed by atoms with Gasteiger partial charge in [0.05, 0.1) is 24.9 Å². The standard InChI is InChI=1S/C22H25N7O4S/c1-14-13-33-11-10-29(14)18-12-17(19(34(31)32)21-24-8-9-28(21)3)26-20(27-18)15-4-6-16(7-5-15)25-22(30)23-2/h4-9,12,14H,10-11,13H2,1-3H3,(H2,23,25,30)/t14-/m0/s1. The molecule has 0 radical (unpaired) electrons. The molecule has 34 heavy (non-hydrogen) atoms. The molecule has 2 aromatic heterocycles. The van der Waals surface area contributed by atoms with E-state index in [0.29, 0.717) is 42.7 Å². The molecule has 4 rings (SSSR count). The number of ether oxygens (including phenoxy) is 1. The Hall–Kier alpha value is -3.77. The van der Waals surface area contributed by atoms with Crippen molar-refractivity contribution < 1.29 is 17.9 Å². The molecule has 1 aliphatic heterocycles. The van der Waals surface area contributed by atoms with E-state index in [1.165, 1.54) is 13.2 Å². The van der Waals surface area contributed by atoms with Gasteiger partial charge in [-0.25, -0.2) is 19.7 Å². The topological polar surface area (TPSA) is 131 Å². The highest BCUT2D eigenvalue weighted by Crippen LogP contribution is 2.25. The number of carbonyl (C=O) groups is 1. The van der Waals surface area contributed by atoms with Crippen LogP contribution in [0.4, 0.5) is 16.3 Å². The fraction of sp³-hybridized carbons (Fsp3) is 0.318. The Morgan fingerprint density at radius 2 is 1.97 bits per heavy atom. The molecule has 1 aliphatic rings. The van der Waals surface area contributed by atoms with Crippen molar-refractivity contribution in [3.63, 3.8) is 0 Å². The van der Waals surface area contributed by atoms with Gasteiger partial charge in [0.1, 0.15) is 5.82 Å². The molecular weight excluding hydrogens is 458 g/mol. The summed E-state index contributed by atoms with van der Waals surface area (Å²) in [6.45, 7) is 3.72. The number of rotatable bonds is 5. The van der Waals surface area contributed by atoms with Gasteiger partial charge in [-0.3, -0.25) is 0 Å². The summed E-state index contributed by atoms with van der Waals surface area (Å²) >= 11 is 0. The lowest BCUT2D eigenvalue weighted by atomic mass is 10.1. The Morgan fingerprint density at radius 3 is 2.59 bits per heavy atom. The van der Waals surface area contributed by atoms with Crippen LogP contribution in [-0.2, 0) is 22.1 Å². The normalized spacial score (nSPS) is 15.6. The average Bonchev–Trinajstić information content (AvgIpc) is 3.24. The molecule has 0 aliphatic carbocycles. The van der Waals surface area contributed by atoms with Crippen molar-refractivity contribution in [2.45, 2.75) is 13.0 Å². The van der Waals surface area contributed by atoms with Gasteiger partial charge in [-0.05, 0) is 31.2 Å². The molecule has 3 heterocycles. The Kier molecular flexibility index (Phi) is 6.89. The van der Waals surface area contributed by atoms with Crippen LogP contribution in [0.1, 0.15) is 18.4 Å². The third kappa shape index (κ3) is 4.92. The molecule has 0 unspecified atom stereocenters. The van der Waals surface area contributed by atoms with Crippen molar-refractivity contribution in [3.05, 3.63) is 54.2 Å². The molecule has 0 bridgehead atoms. The van der Waals surface area contributed by atoms with Gasteiger partial charge in [0.15, 0.2) is 16.5 Å². The summed E-state index contributed by atoms with van der Waals surface area (Å²) in [6, 6.07) is 8.39. The van der Waals surface area contributed by atoms with Crippen LogP contribution in [0.25, 0.3) is 11.4 Å². The summed E-state index contributed by atoms with van der Waals surface area (Å²) in [5.41, 5.74) is 1.51. The van der Waals surface area contributed by atoms with Gasteiger partial charge in [0, 0.05) is 50.4 Å². The van der Waals surface area contributed by atoms with E-state index in [0.717, 1.165) is 0 Å². The predicted molar refractivity (Wildman–Crippen MR) is 129 cm³/mol. The SMILES string of the molecule is CNC(=O)Nc1ccc(-c2nc(C(c3nccn3C)=S(=O)=O)cc(N3CCOC[C@@H]3C)n2)cc1. The van der Waals surface area contributed by atoms with Gasteiger partial charge in [0.25, 0.3) is 0 Å². The van der Waals surface area contributed by atoms with Crippen molar-refractivity contribution in [3.8, 4) is 11.4 Å².